The highest BCUT2D eigenvalue weighted by atomic mass is 14.9. The molecule has 106 valence electrons. The van der Waals surface area contributed by atoms with Gasteiger partial charge >= 0.3 is 0 Å². The minimum atomic E-state index is 0.442. The fourth-order valence-corrected chi connectivity index (χ4v) is 2.64. The minimum absolute atomic E-state index is 0.442. The highest BCUT2D eigenvalue weighted by Gasteiger charge is 2.18. The average molecular weight is 251 g/mol. The normalized spacial score (nSPS) is 14.8. The Morgan fingerprint density at radius 3 is 2.39 bits per heavy atom. The van der Waals surface area contributed by atoms with Gasteiger partial charge in [0.15, 0.2) is 0 Å². The second kappa shape index (κ2) is 9.45. The molecule has 0 rings (SSSR count). The van der Waals surface area contributed by atoms with Crippen LogP contribution in [0.2, 0.25) is 0 Å². The topological polar surface area (TPSA) is 12.0 Å². The molecule has 0 aliphatic heterocycles. The molecule has 0 amide bonds. The molecule has 1 nitrogen and oxygen atoms in total. The maximum absolute atomic E-state index is 3.68. The zero-order valence-corrected chi connectivity index (χ0v) is 13.4. The van der Waals surface area contributed by atoms with E-state index in [4.69, 9.17) is 0 Å². The van der Waals surface area contributed by atoms with E-state index in [1.165, 1.54) is 25.7 Å². The van der Waals surface area contributed by atoms with Gasteiger partial charge in [0.2, 0.25) is 0 Å². The molecule has 18 heavy (non-hydrogen) atoms. The van der Waals surface area contributed by atoms with Crippen LogP contribution in [0.25, 0.3) is 0 Å². The Morgan fingerprint density at radius 2 is 1.89 bits per heavy atom. The Hall–Kier alpha value is -0.480. The molecule has 0 saturated carbocycles. The first-order valence-electron chi connectivity index (χ1n) is 7.52. The maximum atomic E-state index is 3.68. The van der Waals surface area contributed by atoms with Crippen molar-refractivity contribution in [3.63, 3.8) is 0 Å². The summed E-state index contributed by atoms with van der Waals surface area (Å²) in [4.78, 5) is 0. The molecule has 1 heteroatoms. The van der Waals surface area contributed by atoms with E-state index in [0.717, 1.165) is 18.9 Å². The van der Waals surface area contributed by atoms with Gasteiger partial charge in [-0.2, -0.15) is 0 Å². The first kappa shape index (κ1) is 17.5. The molecule has 0 aliphatic rings. The molecule has 0 spiro atoms. The van der Waals surface area contributed by atoms with Gasteiger partial charge in [-0.15, -0.1) is 11.8 Å². The molecule has 0 aromatic heterocycles. The van der Waals surface area contributed by atoms with Gasteiger partial charge in [-0.1, -0.05) is 34.6 Å². The molecule has 0 aromatic rings. The Labute approximate surface area is 115 Å². The van der Waals surface area contributed by atoms with Crippen LogP contribution in [0.1, 0.15) is 73.6 Å². The van der Waals surface area contributed by atoms with Gasteiger partial charge in [-0.05, 0) is 50.5 Å². The summed E-state index contributed by atoms with van der Waals surface area (Å²) in [5.74, 6) is 6.97. The third-order valence-electron chi connectivity index (χ3n) is 3.13. The van der Waals surface area contributed by atoms with Gasteiger partial charge < -0.3 is 5.32 Å². The lowest BCUT2D eigenvalue weighted by atomic mass is 9.82. The largest absolute Gasteiger partial charge is 0.314 e. The van der Waals surface area contributed by atoms with Crippen molar-refractivity contribution in [1.29, 1.82) is 0 Å². The highest BCUT2D eigenvalue weighted by molar-refractivity contribution is 4.95. The summed E-state index contributed by atoms with van der Waals surface area (Å²) in [5, 5.41) is 3.68. The van der Waals surface area contributed by atoms with Gasteiger partial charge in [0.25, 0.3) is 0 Å². The van der Waals surface area contributed by atoms with E-state index >= 15 is 0 Å². The number of hydrogen-bond acceptors (Lipinski definition) is 1. The molecule has 0 saturated heterocycles. The second-order valence-electron chi connectivity index (χ2n) is 6.72. The van der Waals surface area contributed by atoms with E-state index in [1.54, 1.807) is 0 Å². The molecule has 0 heterocycles. The van der Waals surface area contributed by atoms with Crippen LogP contribution in [0.15, 0.2) is 0 Å². The van der Waals surface area contributed by atoms with Gasteiger partial charge in [-0.3, -0.25) is 0 Å². The van der Waals surface area contributed by atoms with Gasteiger partial charge in [-0.25, -0.2) is 0 Å². The molecule has 2 atom stereocenters. The Morgan fingerprint density at radius 1 is 1.22 bits per heavy atom. The van der Waals surface area contributed by atoms with E-state index < -0.39 is 0 Å². The third-order valence-corrected chi connectivity index (χ3v) is 3.13. The van der Waals surface area contributed by atoms with E-state index in [2.05, 4.69) is 51.8 Å². The predicted molar refractivity (Wildman–Crippen MR) is 82.6 cm³/mol. The van der Waals surface area contributed by atoms with Crippen molar-refractivity contribution in [3.8, 4) is 11.8 Å². The van der Waals surface area contributed by atoms with Crippen LogP contribution in [0, 0.1) is 23.2 Å². The van der Waals surface area contributed by atoms with Gasteiger partial charge in [0, 0.05) is 12.5 Å². The predicted octanol–water partition coefficient (Wildman–Crippen LogP) is 4.62. The quantitative estimate of drug-likeness (QED) is 0.621. The molecular formula is C17H33N. The van der Waals surface area contributed by atoms with Crippen LogP contribution < -0.4 is 5.32 Å². The fraction of sp³-hybridized carbons (Fsp3) is 0.882. The van der Waals surface area contributed by atoms with Crippen molar-refractivity contribution in [2.45, 2.75) is 79.7 Å². The average Bonchev–Trinajstić information content (AvgIpc) is 2.23. The zero-order valence-electron chi connectivity index (χ0n) is 13.4. The van der Waals surface area contributed by atoms with Crippen molar-refractivity contribution >= 4 is 0 Å². The van der Waals surface area contributed by atoms with Gasteiger partial charge in [0.1, 0.15) is 0 Å². The summed E-state index contributed by atoms with van der Waals surface area (Å²) in [6.07, 6.45) is 6.01. The molecule has 0 bridgehead atoms. The molecular weight excluding hydrogens is 218 g/mol. The second-order valence-corrected chi connectivity index (χ2v) is 6.72. The zero-order chi connectivity index (χ0) is 14.0. The van der Waals surface area contributed by atoms with Crippen molar-refractivity contribution < 1.29 is 0 Å². The first-order chi connectivity index (χ1) is 8.39. The van der Waals surface area contributed by atoms with Crippen LogP contribution in [0.5, 0.6) is 0 Å². The molecule has 0 fully saturated rings. The number of hydrogen-bond donors (Lipinski definition) is 1. The summed E-state index contributed by atoms with van der Waals surface area (Å²) in [5.41, 5.74) is 0.442. The molecule has 1 N–H and O–H groups in total. The lowest BCUT2D eigenvalue weighted by Gasteiger charge is -2.27. The number of rotatable bonds is 8. The fourth-order valence-electron chi connectivity index (χ4n) is 2.64. The third kappa shape index (κ3) is 10.7. The van der Waals surface area contributed by atoms with Crippen molar-refractivity contribution in [2.24, 2.45) is 11.3 Å². The Balaban J connectivity index is 4.14. The summed E-state index contributed by atoms with van der Waals surface area (Å²) in [6, 6.07) is 0.642. The lowest BCUT2D eigenvalue weighted by Crippen LogP contribution is -2.32. The van der Waals surface area contributed by atoms with E-state index in [-0.39, 0.29) is 0 Å². The summed E-state index contributed by atoms with van der Waals surface area (Å²) in [6.45, 7) is 14.7. The molecule has 0 aromatic carbocycles. The highest BCUT2D eigenvalue weighted by Crippen LogP contribution is 2.27. The van der Waals surface area contributed by atoms with E-state index in [1.807, 2.05) is 6.92 Å². The minimum Gasteiger partial charge on any atom is -0.314 e. The van der Waals surface area contributed by atoms with Crippen LogP contribution in [0.3, 0.4) is 0 Å². The summed E-state index contributed by atoms with van der Waals surface area (Å²) >= 11 is 0. The standard InChI is InChI=1S/C17H33N/c1-7-9-10-11-16(18-12-8-2)13-15(3)14-17(4,5)6/h15-16,18H,8,10-14H2,1-6H3. The van der Waals surface area contributed by atoms with E-state index in [9.17, 15) is 0 Å². The van der Waals surface area contributed by atoms with Gasteiger partial charge in [0.05, 0.1) is 0 Å². The van der Waals surface area contributed by atoms with Crippen LogP contribution in [-0.2, 0) is 0 Å². The molecule has 0 radical (unpaired) electrons. The molecule has 0 aliphatic carbocycles. The van der Waals surface area contributed by atoms with Crippen molar-refractivity contribution in [2.75, 3.05) is 6.54 Å². The maximum Gasteiger partial charge on any atom is 0.0103 e. The van der Waals surface area contributed by atoms with Crippen LogP contribution in [0.4, 0.5) is 0 Å². The lowest BCUT2D eigenvalue weighted by molar-refractivity contribution is 0.271. The van der Waals surface area contributed by atoms with Crippen LogP contribution >= 0.6 is 0 Å². The molecule has 2 unspecified atom stereocenters. The SMILES string of the molecule is CC#CCCC(CC(C)CC(C)(C)C)NCCC. The van der Waals surface area contributed by atoms with E-state index in [0.29, 0.717) is 11.5 Å². The van der Waals surface area contributed by atoms with Crippen molar-refractivity contribution in [1.82, 2.24) is 5.32 Å². The Bertz CT molecular complexity index is 251. The number of nitrogens with one attached hydrogen (secondary N) is 1. The van der Waals surface area contributed by atoms with Crippen molar-refractivity contribution in [3.05, 3.63) is 0 Å². The summed E-state index contributed by atoms with van der Waals surface area (Å²) in [7, 11) is 0. The summed E-state index contributed by atoms with van der Waals surface area (Å²) < 4.78 is 0. The Kier molecular flexibility index (Phi) is 9.20. The monoisotopic (exact) mass is 251 g/mol. The smallest absolute Gasteiger partial charge is 0.0103 e. The van der Waals surface area contributed by atoms with Crippen LogP contribution in [-0.4, -0.2) is 12.6 Å². The first-order valence-corrected chi connectivity index (χ1v) is 7.52.